The lowest BCUT2D eigenvalue weighted by Gasteiger charge is -2.27. The summed E-state index contributed by atoms with van der Waals surface area (Å²) >= 11 is 0. The molecule has 0 aliphatic heterocycles. The van der Waals surface area contributed by atoms with Crippen molar-refractivity contribution in [1.29, 1.82) is 0 Å². The van der Waals surface area contributed by atoms with Crippen molar-refractivity contribution in [1.82, 2.24) is 0 Å². The predicted octanol–water partition coefficient (Wildman–Crippen LogP) is 5.40. The lowest BCUT2D eigenvalue weighted by atomic mass is 10.0. The van der Waals surface area contributed by atoms with E-state index in [2.05, 4.69) is 65.8 Å². The molecule has 0 unspecified atom stereocenters. The SMILES string of the molecule is CC(C)c1ccccc1OP(C(C)C)C(C)C. The summed E-state index contributed by atoms with van der Waals surface area (Å²) in [6.45, 7) is 13.4. The highest BCUT2D eigenvalue weighted by Crippen LogP contribution is 2.48. The summed E-state index contributed by atoms with van der Waals surface area (Å²) in [5.74, 6) is 1.60. The van der Waals surface area contributed by atoms with Gasteiger partial charge in [-0.05, 0) is 17.5 Å². The van der Waals surface area contributed by atoms with E-state index in [-0.39, 0.29) is 0 Å². The number of hydrogen-bond donors (Lipinski definition) is 0. The van der Waals surface area contributed by atoms with E-state index in [4.69, 9.17) is 4.52 Å². The van der Waals surface area contributed by atoms with Crippen LogP contribution in [-0.2, 0) is 0 Å². The maximum atomic E-state index is 6.29. The average Bonchev–Trinajstić information content (AvgIpc) is 2.25. The summed E-state index contributed by atoms with van der Waals surface area (Å²) in [6, 6.07) is 8.44. The maximum absolute atomic E-state index is 6.29. The van der Waals surface area contributed by atoms with Gasteiger partial charge in [0, 0.05) is 11.3 Å². The number of rotatable bonds is 5. The Morgan fingerprint density at radius 1 is 0.882 bits per heavy atom. The van der Waals surface area contributed by atoms with Gasteiger partial charge in [-0.2, -0.15) is 0 Å². The molecule has 0 amide bonds. The monoisotopic (exact) mass is 252 g/mol. The highest BCUT2D eigenvalue weighted by Gasteiger charge is 2.21. The van der Waals surface area contributed by atoms with Gasteiger partial charge in [0.05, 0.1) is 8.15 Å². The van der Waals surface area contributed by atoms with E-state index in [0.717, 1.165) is 5.75 Å². The molecule has 0 heterocycles. The van der Waals surface area contributed by atoms with Crippen molar-refractivity contribution >= 4 is 8.15 Å². The molecule has 2 heteroatoms. The van der Waals surface area contributed by atoms with Crippen molar-refractivity contribution in [2.24, 2.45) is 0 Å². The molecule has 0 saturated carbocycles. The fourth-order valence-electron chi connectivity index (χ4n) is 1.96. The summed E-state index contributed by atoms with van der Waals surface area (Å²) in [5, 5.41) is 0. The summed E-state index contributed by atoms with van der Waals surface area (Å²) in [4.78, 5) is 0. The Bertz CT molecular complexity index is 337. The standard InChI is InChI=1S/C15H25OP/c1-11(2)14-9-7-8-10-15(14)16-17(12(3)4)13(5)6/h7-13H,1-6H3. The van der Waals surface area contributed by atoms with Gasteiger partial charge >= 0.3 is 0 Å². The average molecular weight is 252 g/mol. The summed E-state index contributed by atoms with van der Waals surface area (Å²) in [7, 11) is -0.396. The molecule has 0 fully saturated rings. The van der Waals surface area contributed by atoms with Crippen molar-refractivity contribution in [3.05, 3.63) is 29.8 Å². The second kappa shape index (κ2) is 6.40. The Morgan fingerprint density at radius 2 is 1.41 bits per heavy atom. The molecule has 96 valence electrons. The fourth-order valence-corrected chi connectivity index (χ4v) is 3.97. The molecule has 0 saturated heterocycles. The quantitative estimate of drug-likeness (QED) is 0.637. The highest BCUT2D eigenvalue weighted by atomic mass is 31.1. The summed E-state index contributed by atoms with van der Waals surface area (Å²) in [6.07, 6.45) is 0. The van der Waals surface area contributed by atoms with Gasteiger partial charge in [0.1, 0.15) is 5.75 Å². The molecule has 1 nitrogen and oxygen atoms in total. The van der Waals surface area contributed by atoms with E-state index in [9.17, 15) is 0 Å². The molecular formula is C15H25OP. The van der Waals surface area contributed by atoms with Crippen molar-refractivity contribution in [2.45, 2.75) is 58.8 Å². The maximum Gasteiger partial charge on any atom is 0.126 e. The van der Waals surface area contributed by atoms with Gasteiger partial charge < -0.3 is 4.52 Å². The van der Waals surface area contributed by atoms with E-state index in [1.54, 1.807) is 0 Å². The van der Waals surface area contributed by atoms with Crippen LogP contribution in [0.4, 0.5) is 0 Å². The van der Waals surface area contributed by atoms with Crippen LogP contribution in [-0.4, -0.2) is 11.3 Å². The Kier molecular flexibility index (Phi) is 5.46. The molecule has 0 bridgehead atoms. The van der Waals surface area contributed by atoms with Crippen LogP contribution in [0.2, 0.25) is 0 Å². The minimum Gasteiger partial charge on any atom is -0.473 e. The van der Waals surface area contributed by atoms with Crippen LogP contribution < -0.4 is 4.52 Å². The summed E-state index contributed by atoms with van der Waals surface area (Å²) in [5.41, 5.74) is 2.52. The zero-order valence-corrected chi connectivity index (χ0v) is 12.8. The van der Waals surface area contributed by atoms with Crippen LogP contribution in [0.5, 0.6) is 5.75 Å². The topological polar surface area (TPSA) is 9.23 Å². The summed E-state index contributed by atoms with van der Waals surface area (Å²) < 4.78 is 6.29. The van der Waals surface area contributed by atoms with Crippen LogP contribution in [0.15, 0.2) is 24.3 Å². The Balaban J connectivity index is 2.93. The van der Waals surface area contributed by atoms with Gasteiger partial charge in [-0.25, -0.2) is 0 Å². The van der Waals surface area contributed by atoms with Gasteiger partial charge in [0.25, 0.3) is 0 Å². The first kappa shape index (κ1) is 14.5. The zero-order chi connectivity index (χ0) is 13.0. The third kappa shape index (κ3) is 4.00. The molecule has 0 atom stereocenters. The zero-order valence-electron chi connectivity index (χ0n) is 11.9. The molecule has 0 aromatic heterocycles. The van der Waals surface area contributed by atoms with Crippen LogP contribution in [0.25, 0.3) is 0 Å². The van der Waals surface area contributed by atoms with E-state index < -0.39 is 8.15 Å². The second-order valence-electron chi connectivity index (χ2n) is 5.33. The number of benzene rings is 1. The first-order valence-electron chi connectivity index (χ1n) is 6.48. The van der Waals surface area contributed by atoms with Crippen LogP contribution in [0.1, 0.15) is 53.0 Å². The lowest BCUT2D eigenvalue weighted by Crippen LogP contribution is -2.09. The number of para-hydroxylation sites is 1. The molecule has 1 aromatic carbocycles. The first-order chi connectivity index (χ1) is 7.93. The van der Waals surface area contributed by atoms with E-state index >= 15 is 0 Å². The third-order valence-corrected chi connectivity index (χ3v) is 5.21. The molecule has 17 heavy (non-hydrogen) atoms. The second-order valence-corrected chi connectivity index (χ2v) is 8.30. The van der Waals surface area contributed by atoms with E-state index in [1.165, 1.54) is 5.56 Å². The Hall–Kier alpha value is -0.550. The van der Waals surface area contributed by atoms with Gasteiger partial charge in [0.15, 0.2) is 0 Å². The van der Waals surface area contributed by atoms with Crippen molar-refractivity contribution in [3.8, 4) is 5.75 Å². The molecular weight excluding hydrogens is 227 g/mol. The van der Waals surface area contributed by atoms with Crippen molar-refractivity contribution in [3.63, 3.8) is 0 Å². The molecule has 0 spiro atoms. The van der Waals surface area contributed by atoms with E-state index in [0.29, 0.717) is 17.2 Å². The lowest BCUT2D eigenvalue weighted by molar-refractivity contribution is 0.577. The van der Waals surface area contributed by atoms with Crippen LogP contribution in [0.3, 0.4) is 0 Å². The van der Waals surface area contributed by atoms with Crippen LogP contribution >= 0.6 is 8.15 Å². The molecule has 0 aliphatic carbocycles. The third-order valence-electron chi connectivity index (χ3n) is 2.76. The van der Waals surface area contributed by atoms with Gasteiger partial charge in [-0.15, -0.1) is 0 Å². The smallest absolute Gasteiger partial charge is 0.126 e. The Labute approximate surface area is 107 Å². The van der Waals surface area contributed by atoms with Gasteiger partial charge in [-0.1, -0.05) is 59.7 Å². The van der Waals surface area contributed by atoms with Gasteiger partial charge in [0.2, 0.25) is 0 Å². The molecule has 0 N–H and O–H groups in total. The number of hydrogen-bond acceptors (Lipinski definition) is 1. The molecule has 1 rings (SSSR count). The first-order valence-corrected chi connectivity index (χ1v) is 7.88. The van der Waals surface area contributed by atoms with E-state index in [1.807, 2.05) is 0 Å². The minimum atomic E-state index is -0.396. The largest absolute Gasteiger partial charge is 0.473 e. The Morgan fingerprint density at radius 3 is 1.88 bits per heavy atom. The minimum absolute atomic E-state index is 0.396. The fraction of sp³-hybridized carbons (Fsp3) is 0.600. The van der Waals surface area contributed by atoms with Gasteiger partial charge in [-0.3, -0.25) is 0 Å². The van der Waals surface area contributed by atoms with Crippen molar-refractivity contribution in [2.75, 3.05) is 0 Å². The predicted molar refractivity (Wildman–Crippen MR) is 78.4 cm³/mol. The van der Waals surface area contributed by atoms with Crippen LogP contribution in [0, 0.1) is 0 Å². The van der Waals surface area contributed by atoms with Crippen molar-refractivity contribution < 1.29 is 4.52 Å². The molecule has 0 radical (unpaired) electrons. The molecule has 0 aliphatic rings. The highest BCUT2D eigenvalue weighted by molar-refractivity contribution is 7.54. The normalized spacial score (nSPS) is 11.9. The molecule has 1 aromatic rings.